The highest BCUT2D eigenvalue weighted by atomic mass is 15.1. The predicted octanol–water partition coefficient (Wildman–Crippen LogP) is 1.32. The van der Waals surface area contributed by atoms with Gasteiger partial charge in [0.05, 0.1) is 0 Å². The van der Waals surface area contributed by atoms with Gasteiger partial charge in [-0.3, -0.25) is 4.98 Å². The molecule has 2 heterocycles. The van der Waals surface area contributed by atoms with Crippen molar-refractivity contribution in [3.05, 3.63) is 29.1 Å². The minimum Gasteiger partial charge on any atom is -0.327 e. The topological polar surface area (TPSA) is 42.2 Å². The van der Waals surface area contributed by atoms with Gasteiger partial charge in [0.1, 0.15) is 0 Å². The number of hydrogen-bond donors (Lipinski definition) is 1. The van der Waals surface area contributed by atoms with Crippen LogP contribution in [-0.4, -0.2) is 36.1 Å². The van der Waals surface area contributed by atoms with Crippen LogP contribution in [0.4, 0.5) is 0 Å². The van der Waals surface area contributed by atoms with Gasteiger partial charge in [0.2, 0.25) is 0 Å². The van der Waals surface area contributed by atoms with Gasteiger partial charge in [0.15, 0.2) is 0 Å². The maximum absolute atomic E-state index is 5.99. The first-order chi connectivity index (χ1) is 8.22. The van der Waals surface area contributed by atoms with Gasteiger partial charge in [-0.1, -0.05) is 6.07 Å². The molecule has 1 aromatic rings. The number of nitrogens with two attached hydrogens (primary N) is 1. The Kier molecular flexibility index (Phi) is 2.89. The van der Waals surface area contributed by atoms with Crippen molar-refractivity contribution in [1.82, 2.24) is 9.88 Å². The molecule has 1 fully saturated rings. The fraction of sp³-hybridized carbons (Fsp3) is 0.643. The van der Waals surface area contributed by atoms with E-state index in [9.17, 15) is 0 Å². The molecule has 1 atom stereocenters. The van der Waals surface area contributed by atoms with Crippen LogP contribution in [0.1, 0.15) is 35.7 Å². The maximum atomic E-state index is 5.99. The number of fused-ring (bicyclic) bond motifs is 1. The van der Waals surface area contributed by atoms with Crippen molar-refractivity contribution in [3.8, 4) is 0 Å². The second kappa shape index (κ2) is 4.39. The highest BCUT2D eigenvalue weighted by Gasteiger charge is 2.23. The molecule has 3 nitrogen and oxygen atoms in total. The Bertz CT molecular complexity index is 408. The standard InChI is InChI=1S/C14H21N3/c1-17-6-4-10(5-7-17)13-3-2-11-8-12(15)9-14(11)16-13/h2-3,10,12H,4-9,15H2,1H3. The van der Waals surface area contributed by atoms with Crippen molar-refractivity contribution in [3.63, 3.8) is 0 Å². The lowest BCUT2D eigenvalue weighted by molar-refractivity contribution is 0.253. The molecule has 2 aliphatic rings. The first-order valence-electron chi connectivity index (χ1n) is 6.65. The van der Waals surface area contributed by atoms with Crippen LogP contribution in [0.3, 0.4) is 0 Å². The van der Waals surface area contributed by atoms with Gasteiger partial charge in [-0.15, -0.1) is 0 Å². The van der Waals surface area contributed by atoms with Crippen LogP contribution >= 0.6 is 0 Å². The minimum absolute atomic E-state index is 0.297. The summed E-state index contributed by atoms with van der Waals surface area (Å²) in [5, 5.41) is 0. The molecule has 1 aliphatic heterocycles. The van der Waals surface area contributed by atoms with E-state index in [1.807, 2.05) is 0 Å². The van der Waals surface area contributed by atoms with Crippen LogP contribution in [0.2, 0.25) is 0 Å². The first kappa shape index (κ1) is 11.2. The predicted molar refractivity (Wildman–Crippen MR) is 69.1 cm³/mol. The van der Waals surface area contributed by atoms with E-state index in [1.165, 1.54) is 42.9 Å². The summed E-state index contributed by atoms with van der Waals surface area (Å²) in [6, 6.07) is 4.78. The van der Waals surface area contributed by atoms with Crippen molar-refractivity contribution in [1.29, 1.82) is 0 Å². The molecule has 3 heteroatoms. The van der Waals surface area contributed by atoms with E-state index in [2.05, 4.69) is 24.1 Å². The lowest BCUT2D eigenvalue weighted by Gasteiger charge is -2.28. The summed E-state index contributed by atoms with van der Waals surface area (Å²) in [4.78, 5) is 7.26. The van der Waals surface area contributed by atoms with Gasteiger partial charge < -0.3 is 10.6 Å². The molecule has 0 spiro atoms. The molecule has 1 aromatic heterocycles. The van der Waals surface area contributed by atoms with Crippen LogP contribution in [0.15, 0.2) is 12.1 Å². The number of nitrogens with zero attached hydrogens (tertiary/aromatic N) is 2. The fourth-order valence-corrected chi connectivity index (χ4v) is 3.04. The summed E-state index contributed by atoms with van der Waals surface area (Å²) in [7, 11) is 2.20. The summed E-state index contributed by atoms with van der Waals surface area (Å²) in [5.41, 5.74) is 9.91. The maximum Gasteiger partial charge on any atom is 0.0455 e. The van der Waals surface area contributed by atoms with E-state index in [0.29, 0.717) is 12.0 Å². The van der Waals surface area contributed by atoms with E-state index >= 15 is 0 Å². The summed E-state index contributed by atoms with van der Waals surface area (Å²) in [6.07, 6.45) is 4.47. The van der Waals surface area contributed by atoms with Crippen LogP contribution in [0.25, 0.3) is 0 Å². The third-order valence-electron chi connectivity index (χ3n) is 4.16. The van der Waals surface area contributed by atoms with E-state index in [-0.39, 0.29) is 0 Å². The Morgan fingerprint density at radius 1 is 1.24 bits per heavy atom. The molecule has 0 amide bonds. The van der Waals surface area contributed by atoms with Crippen molar-refractivity contribution >= 4 is 0 Å². The number of rotatable bonds is 1. The molecular formula is C14H21N3. The molecular weight excluding hydrogens is 210 g/mol. The van der Waals surface area contributed by atoms with Gasteiger partial charge in [-0.05, 0) is 51.0 Å². The Labute approximate surface area is 103 Å². The molecule has 92 valence electrons. The van der Waals surface area contributed by atoms with Crippen LogP contribution in [0.5, 0.6) is 0 Å². The van der Waals surface area contributed by atoms with Crippen molar-refractivity contribution in [2.24, 2.45) is 5.73 Å². The third-order valence-corrected chi connectivity index (χ3v) is 4.16. The lowest BCUT2D eigenvalue weighted by Crippen LogP contribution is -2.29. The van der Waals surface area contributed by atoms with Crippen molar-refractivity contribution in [2.75, 3.05) is 20.1 Å². The summed E-state index contributed by atoms with van der Waals surface area (Å²) < 4.78 is 0. The normalized spacial score (nSPS) is 26.1. The molecule has 1 saturated heterocycles. The molecule has 1 unspecified atom stereocenters. The van der Waals surface area contributed by atoms with E-state index < -0.39 is 0 Å². The van der Waals surface area contributed by atoms with Gasteiger partial charge in [0.25, 0.3) is 0 Å². The second-order valence-electron chi connectivity index (χ2n) is 5.59. The van der Waals surface area contributed by atoms with Crippen LogP contribution in [0, 0.1) is 0 Å². The quantitative estimate of drug-likeness (QED) is 0.792. The molecule has 0 bridgehead atoms. The Balaban J connectivity index is 1.78. The van der Waals surface area contributed by atoms with Gasteiger partial charge in [-0.25, -0.2) is 0 Å². The molecule has 1 aliphatic carbocycles. The number of aromatic nitrogens is 1. The Morgan fingerprint density at radius 3 is 2.76 bits per heavy atom. The minimum atomic E-state index is 0.297. The number of hydrogen-bond acceptors (Lipinski definition) is 3. The van der Waals surface area contributed by atoms with E-state index in [4.69, 9.17) is 10.7 Å². The average Bonchev–Trinajstić information content (AvgIpc) is 2.69. The van der Waals surface area contributed by atoms with Crippen LogP contribution < -0.4 is 5.73 Å². The SMILES string of the molecule is CN1CCC(c2ccc3c(n2)CC(N)C3)CC1. The third kappa shape index (κ3) is 2.22. The Morgan fingerprint density at radius 2 is 2.00 bits per heavy atom. The van der Waals surface area contributed by atoms with Gasteiger partial charge >= 0.3 is 0 Å². The summed E-state index contributed by atoms with van der Waals surface area (Å²) in [6.45, 7) is 2.39. The monoisotopic (exact) mass is 231 g/mol. The molecule has 2 N–H and O–H groups in total. The zero-order chi connectivity index (χ0) is 11.8. The molecule has 3 rings (SSSR count). The van der Waals surface area contributed by atoms with Crippen molar-refractivity contribution < 1.29 is 0 Å². The highest BCUT2D eigenvalue weighted by molar-refractivity contribution is 5.30. The molecule has 0 saturated carbocycles. The highest BCUT2D eigenvalue weighted by Crippen LogP contribution is 2.28. The zero-order valence-corrected chi connectivity index (χ0v) is 10.5. The summed E-state index contributed by atoms with van der Waals surface area (Å²) in [5.74, 6) is 0.660. The Hall–Kier alpha value is -0.930. The largest absolute Gasteiger partial charge is 0.327 e. The van der Waals surface area contributed by atoms with E-state index in [0.717, 1.165) is 12.8 Å². The smallest absolute Gasteiger partial charge is 0.0455 e. The van der Waals surface area contributed by atoms with Gasteiger partial charge in [0, 0.05) is 29.8 Å². The van der Waals surface area contributed by atoms with Crippen molar-refractivity contribution in [2.45, 2.75) is 37.6 Å². The first-order valence-corrected chi connectivity index (χ1v) is 6.65. The number of piperidine rings is 1. The number of likely N-dealkylation sites (tertiary alicyclic amines) is 1. The second-order valence-corrected chi connectivity index (χ2v) is 5.59. The zero-order valence-electron chi connectivity index (χ0n) is 10.5. The van der Waals surface area contributed by atoms with Crippen LogP contribution in [-0.2, 0) is 12.8 Å². The van der Waals surface area contributed by atoms with E-state index in [1.54, 1.807) is 0 Å². The van der Waals surface area contributed by atoms with Gasteiger partial charge in [-0.2, -0.15) is 0 Å². The molecule has 0 aromatic carbocycles. The molecule has 17 heavy (non-hydrogen) atoms. The molecule has 0 radical (unpaired) electrons. The number of pyridine rings is 1. The lowest BCUT2D eigenvalue weighted by atomic mass is 9.93. The summed E-state index contributed by atoms with van der Waals surface area (Å²) >= 11 is 0. The fourth-order valence-electron chi connectivity index (χ4n) is 3.04. The average molecular weight is 231 g/mol.